The van der Waals surface area contributed by atoms with Crippen molar-refractivity contribution in [1.29, 1.82) is 0 Å². The van der Waals surface area contributed by atoms with Crippen molar-refractivity contribution in [3.63, 3.8) is 0 Å². The molecule has 1 fully saturated rings. The third kappa shape index (κ3) is 3.95. The Kier molecular flexibility index (Phi) is 6.05. The number of carbonyl (C=O) groups is 1. The van der Waals surface area contributed by atoms with Crippen LogP contribution in [0.4, 0.5) is 5.69 Å². The molecule has 0 aromatic heterocycles. The van der Waals surface area contributed by atoms with Gasteiger partial charge in [-0.05, 0) is 36.2 Å². The number of hydrogen-bond acceptors (Lipinski definition) is 7. The molecule has 4 rings (SSSR count). The molecule has 2 aliphatic rings. The highest BCUT2D eigenvalue weighted by molar-refractivity contribution is 8.01. The smallest absolute Gasteiger partial charge is 0.244 e. The number of amides is 1. The molecule has 0 spiro atoms. The Morgan fingerprint density at radius 2 is 1.71 bits per heavy atom. The summed E-state index contributed by atoms with van der Waals surface area (Å²) in [6.45, 7) is 0.378. The number of rotatable bonds is 6. The SMILES string of the molecule is COc1cc(OC)c(C2SCCN2S(=O)(=O)c2ccc3c(c2)CCC(=O)N3)cc1OC. The Hall–Kier alpha value is -2.43. The molecule has 2 aromatic rings. The van der Waals surface area contributed by atoms with Gasteiger partial charge in [-0.15, -0.1) is 11.8 Å². The van der Waals surface area contributed by atoms with Crippen LogP contribution in [0.3, 0.4) is 0 Å². The average molecular weight is 465 g/mol. The van der Waals surface area contributed by atoms with Crippen molar-refractivity contribution < 1.29 is 27.4 Å². The number of nitrogens with zero attached hydrogens (tertiary/aromatic N) is 1. The first kappa shape index (κ1) is 21.8. The van der Waals surface area contributed by atoms with E-state index >= 15 is 0 Å². The third-order valence-corrected chi connectivity index (χ3v) is 8.67. The Labute approximate surface area is 185 Å². The molecule has 1 unspecified atom stereocenters. The summed E-state index contributed by atoms with van der Waals surface area (Å²) in [5.41, 5.74) is 2.20. The Morgan fingerprint density at radius 1 is 1.00 bits per heavy atom. The van der Waals surface area contributed by atoms with Crippen LogP contribution in [0.5, 0.6) is 17.2 Å². The van der Waals surface area contributed by atoms with Gasteiger partial charge in [0.2, 0.25) is 15.9 Å². The van der Waals surface area contributed by atoms with E-state index in [9.17, 15) is 13.2 Å². The van der Waals surface area contributed by atoms with Gasteiger partial charge in [0.05, 0.1) is 31.6 Å². The fourth-order valence-electron chi connectivity index (χ4n) is 3.85. The monoisotopic (exact) mass is 464 g/mol. The van der Waals surface area contributed by atoms with Crippen molar-refractivity contribution in [2.24, 2.45) is 0 Å². The van der Waals surface area contributed by atoms with E-state index in [0.717, 1.165) is 5.56 Å². The first-order chi connectivity index (χ1) is 14.9. The number of sulfonamides is 1. The van der Waals surface area contributed by atoms with E-state index in [-0.39, 0.29) is 10.8 Å². The van der Waals surface area contributed by atoms with Crippen LogP contribution in [0.25, 0.3) is 0 Å². The lowest BCUT2D eigenvalue weighted by atomic mass is 10.0. The standard InChI is InChI=1S/C21H24N2O6S2/c1-27-17-12-19(29-3)18(28-2)11-15(17)21-23(8-9-30-21)31(25,26)14-5-6-16-13(10-14)4-7-20(24)22-16/h5-6,10-12,21H,4,7-9H2,1-3H3,(H,22,24). The lowest BCUT2D eigenvalue weighted by molar-refractivity contribution is -0.116. The predicted octanol–water partition coefficient (Wildman–Crippen LogP) is 3.03. The number of benzene rings is 2. The van der Waals surface area contributed by atoms with Gasteiger partial charge in [-0.1, -0.05) is 0 Å². The molecule has 31 heavy (non-hydrogen) atoms. The lowest BCUT2D eigenvalue weighted by Crippen LogP contribution is -2.31. The number of methoxy groups -OCH3 is 3. The molecule has 1 saturated heterocycles. The Morgan fingerprint density at radius 3 is 2.42 bits per heavy atom. The van der Waals surface area contributed by atoms with Crippen molar-refractivity contribution in [1.82, 2.24) is 4.31 Å². The second-order valence-corrected chi connectivity index (χ2v) is 10.2. The molecule has 1 amide bonds. The van der Waals surface area contributed by atoms with Crippen molar-refractivity contribution >= 4 is 33.4 Å². The van der Waals surface area contributed by atoms with Crippen LogP contribution in [-0.2, 0) is 21.2 Å². The minimum atomic E-state index is -3.77. The van der Waals surface area contributed by atoms with E-state index in [1.54, 1.807) is 37.4 Å². The molecule has 0 aliphatic carbocycles. The summed E-state index contributed by atoms with van der Waals surface area (Å²) in [4.78, 5) is 11.8. The maximum atomic E-state index is 13.6. The van der Waals surface area contributed by atoms with E-state index in [2.05, 4.69) is 5.32 Å². The van der Waals surface area contributed by atoms with Gasteiger partial charge in [-0.3, -0.25) is 4.79 Å². The number of carbonyl (C=O) groups excluding carboxylic acids is 1. The molecule has 10 heteroatoms. The summed E-state index contributed by atoms with van der Waals surface area (Å²) in [6, 6.07) is 8.35. The molecule has 2 heterocycles. The number of anilines is 1. The van der Waals surface area contributed by atoms with Crippen LogP contribution >= 0.6 is 11.8 Å². The number of ether oxygens (including phenoxy) is 3. The molecule has 2 aliphatic heterocycles. The first-order valence-electron chi connectivity index (χ1n) is 9.75. The van der Waals surface area contributed by atoms with Gasteiger partial charge in [0.1, 0.15) is 5.75 Å². The molecule has 0 saturated carbocycles. The number of nitrogens with one attached hydrogen (secondary N) is 1. The third-order valence-electron chi connectivity index (χ3n) is 5.43. The number of hydrogen-bond donors (Lipinski definition) is 1. The Bertz CT molecular complexity index is 1120. The molecule has 166 valence electrons. The zero-order valence-electron chi connectivity index (χ0n) is 17.5. The number of thioether (sulfide) groups is 1. The van der Waals surface area contributed by atoms with Gasteiger partial charge in [0, 0.05) is 36.0 Å². The van der Waals surface area contributed by atoms with E-state index in [1.807, 2.05) is 0 Å². The molecule has 1 N–H and O–H groups in total. The normalized spacial score (nSPS) is 18.9. The molecule has 0 radical (unpaired) electrons. The number of fused-ring (bicyclic) bond motifs is 1. The fraction of sp³-hybridized carbons (Fsp3) is 0.381. The highest BCUT2D eigenvalue weighted by Crippen LogP contribution is 2.48. The van der Waals surface area contributed by atoms with Gasteiger partial charge in [0.15, 0.2) is 11.5 Å². The van der Waals surface area contributed by atoms with Crippen LogP contribution in [0, 0.1) is 0 Å². The minimum Gasteiger partial charge on any atom is -0.496 e. The second-order valence-electron chi connectivity index (χ2n) is 7.16. The van der Waals surface area contributed by atoms with E-state index < -0.39 is 15.4 Å². The van der Waals surface area contributed by atoms with Gasteiger partial charge < -0.3 is 19.5 Å². The predicted molar refractivity (Wildman–Crippen MR) is 119 cm³/mol. The quantitative estimate of drug-likeness (QED) is 0.702. The summed E-state index contributed by atoms with van der Waals surface area (Å²) >= 11 is 1.53. The van der Waals surface area contributed by atoms with E-state index in [0.29, 0.717) is 53.6 Å². The summed E-state index contributed by atoms with van der Waals surface area (Å²) in [5, 5.41) is 2.32. The zero-order chi connectivity index (χ0) is 22.2. The van der Waals surface area contributed by atoms with Crippen molar-refractivity contribution in [2.45, 2.75) is 23.1 Å². The van der Waals surface area contributed by atoms with Gasteiger partial charge in [-0.25, -0.2) is 8.42 Å². The van der Waals surface area contributed by atoms with Crippen LogP contribution < -0.4 is 19.5 Å². The largest absolute Gasteiger partial charge is 0.496 e. The van der Waals surface area contributed by atoms with Gasteiger partial charge >= 0.3 is 0 Å². The summed E-state index contributed by atoms with van der Waals surface area (Å²) in [7, 11) is 0.848. The molecule has 1 atom stereocenters. The fourth-order valence-corrected chi connectivity index (χ4v) is 7.15. The number of aryl methyl sites for hydroxylation is 1. The average Bonchev–Trinajstić information content (AvgIpc) is 3.28. The summed E-state index contributed by atoms with van der Waals surface area (Å²) in [6.07, 6.45) is 0.869. The zero-order valence-corrected chi connectivity index (χ0v) is 19.1. The molecular weight excluding hydrogens is 440 g/mol. The Balaban J connectivity index is 1.73. The van der Waals surface area contributed by atoms with Crippen molar-refractivity contribution in [3.8, 4) is 17.2 Å². The van der Waals surface area contributed by atoms with Crippen molar-refractivity contribution in [2.75, 3.05) is 38.9 Å². The topological polar surface area (TPSA) is 94.2 Å². The van der Waals surface area contributed by atoms with Crippen LogP contribution in [0.1, 0.15) is 22.9 Å². The molecule has 2 aromatic carbocycles. The molecular formula is C21H24N2O6S2. The van der Waals surface area contributed by atoms with Gasteiger partial charge in [0.25, 0.3) is 0 Å². The maximum absolute atomic E-state index is 13.6. The van der Waals surface area contributed by atoms with Crippen LogP contribution in [0.2, 0.25) is 0 Å². The van der Waals surface area contributed by atoms with Gasteiger partial charge in [-0.2, -0.15) is 4.31 Å². The lowest BCUT2D eigenvalue weighted by Gasteiger charge is -2.26. The first-order valence-corrected chi connectivity index (χ1v) is 12.2. The van der Waals surface area contributed by atoms with Crippen LogP contribution in [-0.4, -0.2) is 52.3 Å². The molecule has 0 bridgehead atoms. The summed E-state index contributed by atoms with van der Waals surface area (Å²) in [5.74, 6) is 2.15. The van der Waals surface area contributed by atoms with E-state index in [4.69, 9.17) is 14.2 Å². The highest BCUT2D eigenvalue weighted by Gasteiger charge is 2.39. The summed E-state index contributed by atoms with van der Waals surface area (Å²) < 4.78 is 44.9. The second kappa shape index (κ2) is 8.60. The highest BCUT2D eigenvalue weighted by atomic mass is 32.2. The maximum Gasteiger partial charge on any atom is 0.244 e. The molecule has 8 nitrogen and oxygen atoms in total. The minimum absolute atomic E-state index is 0.0559. The van der Waals surface area contributed by atoms with E-state index in [1.165, 1.54) is 30.3 Å². The van der Waals surface area contributed by atoms with Crippen LogP contribution in [0.15, 0.2) is 35.2 Å². The van der Waals surface area contributed by atoms with Crippen molar-refractivity contribution in [3.05, 3.63) is 41.5 Å².